The average molecular weight is 546 g/mol. The second-order valence-electron chi connectivity index (χ2n) is 9.60. The highest BCUT2D eigenvalue weighted by molar-refractivity contribution is 5.65. The van der Waals surface area contributed by atoms with Crippen LogP contribution in [0.4, 0.5) is 10.5 Å². The van der Waals surface area contributed by atoms with E-state index in [0.29, 0.717) is 19.0 Å². The molecule has 0 unspecified atom stereocenters. The van der Waals surface area contributed by atoms with Gasteiger partial charge in [0.25, 0.3) is 5.09 Å². The van der Waals surface area contributed by atoms with Crippen LogP contribution in [0.15, 0.2) is 42.5 Å². The minimum atomic E-state index is -1.11. The molecule has 4 rings (SSSR count). The first kappa shape index (κ1) is 28.2. The quantitative estimate of drug-likeness (QED) is 0.240. The lowest BCUT2D eigenvalue weighted by molar-refractivity contribution is -0.759. The van der Waals surface area contributed by atoms with Crippen LogP contribution >= 0.6 is 0 Å². The number of ether oxygens (including phenoxy) is 4. The maximum absolute atomic E-state index is 11.9. The predicted molar refractivity (Wildman–Crippen MR) is 141 cm³/mol. The van der Waals surface area contributed by atoms with Gasteiger partial charge in [-0.3, -0.25) is 0 Å². The van der Waals surface area contributed by atoms with Crippen molar-refractivity contribution in [3.63, 3.8) is 0 Å². The van der Waals surface area contributed by atoms with E-state index in [9.17, 15) is 20.0 Å². The molecule has 212 valence electrons. The van der Waals surface area contributed by atoms with Gasteiger partial charge in [0.05, 0.1) is 38.6 Å². The number of amides is 1. The number of nitrogens with zero attached hydrogens (tertiary/aromatic N) is 3. The van der Waals surface area contributed by atoms with Gasteiger partial charge in [-0.15, -0.1) is 10.1 Å². The molecule has 1 amide bonds. The number of rotatable bonds is 12. The molecule has 39 heavy (non-hydrogen) atoms. The molecule has 0 saturated carbocycles. The number of piperidine rings is 1. The van der Waals surface area contributed by atoms with E-state index < -0.39 is 23.2 Å². The molecule has 0 aromatic heterocycles. The van der Waals surface area contributed by atoms with E-state index in [4.69, 9.17) is 23.8 Å². The fourth-order valence-corrected chi connectivity index (χ4v) is 5.29. The van der Waals surface area contributed by atoms with Gasteiger partial charge in [-0.1, -0.05) is 18.2 Å². The zero-order valence-corrected chi connectivity index (χ0v) is 22.2. The number of hydrogen-bond acceptors (Lipinski definition) is 9. The van der Waals surface area contributed by atoms with E-state index in [1.165, 1.54) is 4.90 Å². The fraction of sp³-hybridized carbons (Fsp3) is 0.519. The highest BCUT2D eigenvalue weighted by atomic mass is 16.9. The van der Waals surface area contributed by atoms with E-state index in [0.717, 1.165) is 42.1 Å². The van der Waals surface area contributed by atoms with Crippen molar-refractivity contribution >= 4 is 11.8 Å². The number of carboxylic acid groups (broad SMARTS) is 1. The van der Waals surface area contributed by atoms with E-state index >= 15 is 0 Å². The molecule has 0 radical (unpaired) electrons. The Labute approximate surface area is 227 Å². The van der Waals surface area contributed by atoms with Crippen LogP contribution in [0, 0.1) is 16.0 Å². The molecule has 0 bridgehead atoms. The number of methoxy groups -OCH3 is 2. The van der Waals surface area contributed by atoms with E-state index in [2.05, 4.69) is 4.90 Å². The summed E-state index contributed by atoms with van der Waals surface area (Å²) in [6.45, 7) is 3.08. The largest absolute Gasteiger partial charge is 0.497 e. The first-order chi connectivity index (χ1) is 18.9. The molecular weight excluding hydrogens is 510 g/mol. The van der Waals surface area contributed by atoms with Gasteiger partial charge in [0.2, 0.25) is 0 Å². The smallest absolute Gasteiger partial charge is 0.407 e. The normalized spacial score (nSPS) is 20.6. The van der Waals surface area contributed by atoms with Gasteiger partial charge in [0.1, 0.15) is 24.7 Å². The Kier molecular flexibility index (Phi) is 9.66. The second-order valence-corrected chi connectivity index (χ2v) is 9.60. The van der Waals surface area contributed by atoms with Gasteiger partial charge in [0, 0.05) is 38.6 Å². The Hall–Kier alpha value is -3.77. The van der Waals surface area contributed by atoms with Gasteiger partial charge >= 0.3 is 6.09 Å². The summed E-state index contributed by atoms with van der Waals surface area (Å²) in [5.74, 6) is 0.652. The summed E-state index contributed by atoms with van der Waals surface area (Å²) in [5.41, 5.74) is 2.76. The first-order valence-electron chi connectivity index (χ1n) is 12.9. The summed E-state index contributed by atoms with van der Waals surface area (Å²) in [5, 5.41) is 19.9. The van der Waals surface area contributed by atoms with E-state index in [1.807, 2.05) is 42.5 Å². The van der Waals surface area contributed by atoms with Crippen LogP contribution in [-0.4, -0.2) is 87.5 Å². The van der Waals surface area contributed by atoms with Crippen molar-refractivity contribution in [1.29, 1.82) is 0 Å². The van der Waals surface area contributed by atoms with Crippen molar-refractivity contribution in [2.45, 2.75) is 25.0 Å². The van der Waals surface area contributed by atoms with Crippen molar-refractivity contribution in [3.05, 3.63) is 63.7 Å². The SMILES string of the molecule is COCCCN1CCOc2ccc(CO[C@H]3CN(C(=O)O)C[C@@H](CO[N+](=O)[O-])[C@@H]3c3ccc(OC)cc3)cc21. The minimum Gasteiger partial charge on any atom is -0.497 e. The summed E-state index contributed by atoms with van der Waals surface area (Å²) in [6, 6.07) is 13.3. The Morgan fingerprint density at radius 3 is 2.67 bits per heavy atom. The lowest BCUT2D eigenvalue weighted by Gasteiger charge is -2.42. The highest BCUT2D eigenvalue weighted by Crippen LogP contribution is 2.38. The molecule has 0 aliphatic carbocycles. The number of anilines is 1. The molecular formula is C27H35N3O9. The Bertz CT molecular complexity index is 1110. The van der Waals surface area contributed by atoms with Crippen molar-refractivity contribution in [2.75, 3.05) is 65.1 Å². The maximum atomic E-state index is 11.9. The number of benzene rings is 2. The molecule has 0 spiro atoms. The van der Waals surface area contributed by atoms with Crippen LogP contribution in [-0.2, 0) is 20.9 Å². The zero-order valence-electron chi connectivity index (χ0n) is 22.2. The van der Waals surface area contributed by atoms with Gasteiger partial charge in [-0.05, 0) is 41.8 Å². The topological polar surface area (TPSA) is 133 Å². The Balaban J connectivity index is 1.56. The maximum Gasteiger partial charge on any atom is 0.407 e. The van der Waals surface area contributed by atoms with Crippen molar-refractivity contribution in [3.8, 4) is 11.5 Å². The third-order valence-electron chi connectivity index (χ3n) is 7.15. The molecule has 2 aromatic carbocycles. The number of fused-ring (bicyclic) bond motifs is 1. The van der Waals surface area contributed by atoms with Gasteiger partial charge in [0.15, 0.2) is 0 Å². The van der Waals surface area contributed by atoms with Crippen LogP contribution in [0.5, 0.6) is 11.5 Å². The summed E-state index contributed by atoms with van der Waals surface area (Å²) in [6.07, 6.45) is -0.782. The average Bonchev–Trinajstić information content (AvgIpc) is 2.94. The van der Waals surface area contributed by atoms with E-state index in [-0.39, 0.29) is 32.2 Å². The second kappa shape index (κ2) is 13.3. The summed E-state index contributed by atoms with van der Waals surface area (Å²) >= 11 is 0. The fourth-order valence-electron chi connectivity index (χ4n) is 5.29. The molecule has 2 aliphatic rings. The predicted octanol–water partition coefficient (Wildman–Crippen LogP) is 3.42. The molecule has 1 saturated heterocycles. The lowest BCUT2D eigenvalue weighted by atomic mass is 9.79. The first-order valence-corrected chi connectivity index (χ1v) is 12.9. The minimum absolute atomic E-state index is 0.0896. The molecule has 2 aromatic rings. The monoisotopic (exact) mass is 545 g/mol. The Morgan fingerprint density at radius 2 is 1.97 bits per heavy atom. The van der Waals surface area contributed by atoms with Crippen LogP contribution in [0.1, 0.15) is 23.5 Å². The number of likely N-dealkylation sites (tertiary alicyclic amines) is 1. The van der Waals surface area contributed by atoms with Gasteiger partial charge in [-0.25, -0.2) is 4.79 Å². The number of hydrogen-bond donors (Lipinski definition) is 1. The van der Waals surface area contributed by atoms with Gasteiger partial charge in [-0.2, -0.15) is 0 Å². The molecule has 12 nitrogen and oxygen atoms in total. The summed E-state index contributed by atoms with van der Waals surface area (Å²) in [4.78, 5) is 31.1. The zero-order chi connectivity index (χ0) is 27.8. The third kappa shape index (κ3) is 7.21. The molecule has 2 aliphatic heterocycles. The van der Waals surface area contributed by atoms with E-state index in [1.54, 1.807) is 14.2 Å². The van der Waals surface area contributed by atoms with Crippen LogP contribution in [0.2, 0.25) is 0 Å². The lowest BCUT2D eigenvalue weighted by Crippen LogP contribution is -2.52. The summed E-state index contributed by atoms with van der Waals surface area (Å²) in [7, 11) is 3.26. The summed E-state index contributed by atoms with van der Waals surface area (Å²) < 4.78 is 22.7. The molecule has 2 heterocycles. The molecule has 12 heteroatoms. The van der Waals surface area contributed by atoms with Crippen molar-refractivity contribution in [1.82, 2.24) is 4.90 Å². The van der Waals surface area contributed by atoms with Crippen LogP contribution in [0.3, 0.4) is 0 Å². The van der Waals surface area contributed by atoms with Crippen molar-refractivity contribution in [2.24, 2.45) is 5.92 Å². The van der Waals surface area contributed by atoms with Crippen molar-refractivity contribution < 1.29 is 38.8 Å². The molecule has 3 atom stereocenters. The third-order valence-corrected chi connectivity index (χ3v) is 7.15. The Morgan fingerprint density at radius 1 is 1.18 bits per heavy atom. The van der Waals surface area contributed by atoms with Gasteiger partial charge < -0.3 is 38.7 Å². The standard InChI is InChI=1S/C27H35N3O9/c1-35-12-3-10-28-11-13-37-24-9-4-19(14-23(24)28)17-38-25-16-29(27(31)32)15-21(18-39-30(33)34)26(25)20-5-7-22(36-2)8-6-20/h4-9,14,21,25-26H,3,10-13,15-18H2,1-2H3,(H,31,32)/t21-,25-,26-/m0/s1. The highest BCUT2D eigenvalue weighted by Gasteiger charge is 2.41. The van der Waals surface area contributed by atoms with Crippen LogP contribution < -0.4 is 14.4 Å². The molecule has 1 fully saturated rings. The molecule has 1 N–H and O–H groups in total. The van der Waals surface area contributed by atoms with Crippen LogP contribution in [0.25, 0.3) is 0 Å². The number of carbonyl (C=O) groups is 1.